The quantitative estimate of drug-likeness (QED) is 0.493. The Morgan fingerprint density at radius 1 is 1.19 bits per heavy atom. The summed E-state index contributed by atoms with van der Waals surface area (Å²) in [6.45, 7) is 3.82. The third-order valence-corrected chi connectivity index (χ3v) is 7.13. The summed E-state index contributed by atoms with van der Waals surface area (Å²) < 4.78 is 11.4. The van der Waals surface area contributed by atoms with Gasteiger partial charge in [0.15, 0.2) is 0 Å². The van der Waals surface area contributed by atoms with E-state index in [9.17, 15) is 19.6 Å². The van der Waals surface area contributed by atoms with Crippen LogP contribution in [0.3, 0.4) is 0 Å². The lowest BCUT2D eigenvalue weighted by Gasteiger charge is -2.25. The fourth-order valence-electron chi connectivity index (χ4n) is 4.23. The van der Waals surface area contributed by atoms with Gasteiger partial charge in [-0.2, -0.15) is 5.26 Å². The van der Waals surface area contributed by atoms with Gasteiger partial charge in [-0.05, 0) is 43.2 Å². The zero-order chi connectivity index (χ0) is 26.9. The molecule has 1 unspecified atom stereocenters. The molecule has 0 radical (unpaired) electrons. The molecule has 10 heteroatoms. The number of ether oxygens (including phenoxy) is 2. The summed E-state index contributed by atoms with van der Waals surface area (Å²) in [6.07, 6.45) is 1.04. The predicted octanol–water partition coefficient (Wildman–Crippen LogP) is 1.73. The molecule has 9 nitrogen and oxygen atoms in total. The van der Waals surface area contributed by atoms with Crippen molar-refractivity contribution in [2.75, 3.05) is 19.5 Å². The number of carbonyl (C=O) groups is 2. The lowest BCUT2D eigenvalue weighted by atomic mass is 9.83. The van der Waals surface area contributed by atoms with Crippen LogP contribution in [0, 0.1) is 25.2 Å². The number of allylic oxidation sites excluding steroid dienone is 1. The minimum atomic E-state index is -0.894. The Balaban J connectivity index is 2.06. The van der Waals surface area contributed by atoms with Crippen molar-refractivity contribution in [1.82, 2.24) is 4.57 Å². The molecule has 0 aliphatic carbocycles. The van der Waals surface area contributed by atoms with E-state index in [1.165, 1.54) is 14.2 Å². The highest BCUT2D eigenvalue weighted by Crippen LogP contribution is 2.38. The molecule has 188 valence electrons. The van der Waals surface area contributed by atoms with Crippen molar-refractivity contribution in [3.05, 3.63) is 84.3 Å². The zero-order valence-corrected chi connectivity index (χ0v) is 21.4. The third kappa shape index (κ3) is 4.64. The van der Waals surface area contributed by atoms with Crippen LogP contribution in [0.25, 0.3) is 17.5 Å². The smallest absolute Gasteiger partial charge is 0.332 e. The van der Waals surface area contributed by atoms with Crippen molar-refractivity contribution in [2.24, 2.45) is 5.73 Å². The van der Waals surface area contributed by atoms with E-state index in [-0.39, 0.29) is 26.2 Å². The van der Waals surface area contributed by atoms with Gasteiger partial charge in [-0.3, -0.25) is 14.2 Å². The Bertz CT molecular complexity index is 1690. The molecule has 1 aromatic heterocycles. The van der Waals surface area contributed by atoms with E-state index in [1.807, 2.05) is 26.0 Å². The Morgan fingerprint density at radius 3 is 2.59 bits per heavy atom. The maximum Gasteiger partial charge on any atom is 0.332 e. The van der Waals surface area contributed by atoms with Crippen LogP contribution >= 0.6 is 11.3 Å². The summed E-state index contributed by atoms with van der Waals surface area (Å²) >= 11 is 0.925. The first-order chi connectivity index (χ1) is 17.7. The van der Waals surface area contributed by atoms with Gasteiger partial charge in [0.1, 0.15) is 20.8 Å². The first-order valence-corrected chi connectivity index (χ1v) is 12.0. The van der Waals surface area contributed by atoms with Crippen molar-refractivity contribution >= 4 is 46.4 Å². The Kier molecular flexibility index (Phi) is 7.00. The monoisotopic (exact) mass is 516 g/mol. The van der Waals surface area contributed by atoms with Crippen LogP contribution in [0.5, 0.6) is 5.75 Å². The minimum Gasteiger partial charge on any atom is -0.497 e. The number of carbonyl (C=O) groups excluding carboxylic acids is 2. The third-order valence-electron chi connectivity index (χ3n) is 6.02. The van der Waals surface area contributed by atoms with E-state index in [4.69, 9.17) is 10.5 Å². The molecule has 37 heavy (non-hydrogen) atoms. The van der Waals surface area contributed by atoms with Gasteiger partial charge in [0, 0.05) is 11.8 Å². The number of nitrogens with zero attached hydrogens (tertiary/aromatic N) is 2. The number of thiazole rings is 1. The van der Waals surface area contributed by atoms with Crippen LogP contribution in [0.2, 0.25) is 0 Å². The molecule has 0 bridgehead atoms. The van der Waals surface area contributed by atoms with Gasteiger partial charge in [-0.15, -0.1) is 11.3 Å². The summed E-state index contributed by atoms with van der Waals surface area (Å²) in [5, 5.41) is 13.1. The van der Waals surface area contributed by atoms with Crippen LogP contribution < -0.4 is 30.5 Å². The second kappa shape index (κ2) is 10.2. The van der Waals surface area contributed by atoms with Crippen LogP contribution in [0.1, 0.15) is 22.6 Å². The molecule has 2 heterocycles. The van der Waals surface area contributed by atoms with E-state index in [1.54, 1.807) is 30.3 Å². The number of amides is 1. The first-order valence-electron chi connectivity index (χ1n) is 11.2. The highest BCUT2D eigenvalue weighted by molar-refractivity contribution is 7.07. The summed E-state index contributed by atoms with van der Waals surface area (Å²) in [4.78, 5) is 39.1. The molecule has 0 fully saturated rings. The van der Waals surface area contributed by atoms with Crippen molar-refractivity contribution in [3.8, 4) is 11.8 Å². The first kappa shape index (κ1) is 25.5. The summed E-state index contributed by atoms with van der Waals surface area (Å²) in [6, 6.07) is 14.6. The number of aromatic nitrogens is 1. The standard InChI is InChI=1S/C27H24N4O5S/c1-14-8-9-19(15(2)10-14)30-25(33)23-22(16-6-5-7-17(11-16)35-3)18(13-28)24(29)31-26(34)20(37-27(23)31)12-21(32)36-4/h5-12,22H,29H2,1-4H3,(H,30,33). The number of rotatable bonds is 5. The molecule has 0 spiro atoms. The Hall–Kier alpha value is -4.62. The second-order valence-corrected chi connectivity index (χ2v) is 9.42. The van der Waals surface area contributed by atoms with Gasteiger partial charge in [0.25, 0.3) is 11.5 Å². The molecule has 1 atom stereocenters. The molecule has 3 N–H and O–H groups in total. The van der Waals surface area contributed by atoms with E-state index >= 15 is 0 Å². The highest BCUT2D eigenvalue weighted by Gasteiger charge is 2.36. The number of methoxy groups -OCH3 is 2. The molecule has 0 saturated heterocycles. The zero-order valence-electron chi connectivity index (χ0n) is 20.6. The predicted molar refractivity (Wildman–Crippen MR) is 141 cm³/mol. The average Bonchev–Trinajstić information content (AvgIpc) is 3.20. The lowest BCUT2D eigenvalue weighted by molar-refractivity contribution is -0.133. The summed E-state index contributed by atoms with van der Waals surface area (Å²) in [5.41, 5.74) is 8.94. The number of nitrogens with one attached hydrogen (secondary N) is 1. The van der Waals surface area contributed by atoms with Gasteiger partial charge in [-0.25, -0.2) is 4.79 Å². The Labute approximate surface area is 216 Å². The van der Waals surface area contributed by atoms with Crippen LogP contribution in [0.4, 0.5) is 5.69 Å². The molecular formula is C27H24N4O5S. The van der Waals surface area contributed by atoms with Crippen LogP contribution in [0.15, 0.2) is 52.8 Å². The van der Waals surface area contributed by atoms with E-state index in [0.29, 0.717) is 17.0 Å². The number of benzene rings is 2. The Morgan fingerprint density at radius 2 is 1.95 bits per heavy atom. The minimum absolute atomic E-state index is 0.0187. The van der Waals surface area contributed by atoms with Gasteiger partial charge in [0.2, 0.25) is 0 Å². The lowest BCUT2D eigenvalue weighted by Crippen LogP contribution is -2.41. The number of hydrogen-bond acceptors (Lipinski definition) is 8. The number of esters is 1. The summed E-state index contributed by atoms with van der Waals surface area (Å²) in [7, 11) is 2.71. The average molecular weight is 517 g/mol. The molecule has 0 saturated carbocycles. The van der Waals surface area contributed by atoms with Crippen molar-refractivity contribution in [3.63, 3.8) is 0 Å². The van der Waals surface area contributed by atoms with Crippen LogP contribution in [-0.4, -0.2) is 30.7 Å². The van der Waals surface area contributed by atoms with Gasteiger partial charge in [-0.1, -0.05) is 29.8 Å². The SMILES string of the molecule is COC(=O)C=c1sc2n(c1=O)C(N)=C(C#N)C(c1cccc(OC)c1)C=2C(=O)Nc1ccc(C)cc1C. The fraction of sp³-hybridized carbons (Fsp3) is 0.185. The molecule has 3 aromatic rings. The number of fused-ring (bicyclic) bond motifs is 1. The van der Waals surface area contributed by atoms with Gasteiger partial charge in [0.05, 0.1) is 37.4 Å². The van der Waals surface area contributed by atoms with Crippen LogP contribution in [-0.2, 0) is 14.3 Å². The maximum absolute atomic E-state index is 13.9. The fourth-order valence-corrected chi connectivity index (χ4v) is 5.37. The topological polar surface area (TPSA) is 136 Å². The van der Waals surface area contributed by atoms with Gasteiger partial charge < -0.3 is 20.5 Å². The number of nitriles is 1. The van der Waals surface area contributed by atoms with Crippen molar-refractivity contribution < 1.29 is 19.1 Å². The molecule has 1 amide bonds. The number of nitrogens with two attached hydrogens (primary N) is 1. The number of aryl methyl sites for hydroxylation is 2. The number of anilines is 1. The molecular weight excluding hydrogens is 492 g/mol. The largest absolute Gasteiger partial charge is 0.497 e. The van der Waals surface area contributed by atoms with Crippen molar-refractivity contribution in [1.29, 1.82) is 5.26 Å². The molecule has 1 aliphatic heterocycles. The number of hydrogen-bond donors (Lipinski definition) is 2. The second-order valence-electron chi connectivity index (χ2n) is 8.39. The van der Waals surface area contributed by atoms with Gasteiger partial charge >= 0.3 is 5.97 Å². The molecule has 2 aromatic carbocycles. The normalized spacial score (nSPS) is 15.2. The molecule has 4 rings (SSSR count). The van der Waals surface area contributed by atoms with E-state index < -0.39 is 23.4 Å². The summed E-state index contributed by atoms with van der Waals surface area (Å²) in [5.74, 6) is -1.73. The molecule has 1 aliphatic rings. The van der Waals surface area contributed by atoms with E-state index in [0.717, 1.165) is 33.1 Å². The van der Waals surface area contributed by atoms with Crippen molar-refractivity contribution in [2.45, 2.75) is 19.8 Å². The maximum atomic E-state index is 13.9. The highest BCUT2D eigenvalue weighted by atomic mass is 32.1. The van der Waals surface area contributed by atoms with E-state index in [2.05, 4.69) is 16.1 Å².